The molecule has 2 aromatic carbocycles. The van der Waals surface area contributed by atoms with E-state index in [1.807, 2.05) is 37.6 Å². The average Bonchev–Trinajstić information content (AvgIpc) is 3.34. The van der Waals surface area contributed by atoms with E-state index in [1.54, 1.807) is 28.2 Å². The zero-order valence-electron chi connectivity index (χ0n) is 16.2. The first kappa shape index (κ1) is 19.2. The molecule has 0 saturated heterocycles. The lowest BCUT2D eigenvalue weighted by Crippen LogP contribution is -2.08. The summed E-state index contributed by atoms with van der Waals surface area (Å²) in [5.41, 5.74) is 4.70. The average molecular weight is 407 g/mol. The summed E-state index contributed by atoms with van der Waals surface area (Å²) in [4.78, 5) is 15.1. The predicted octanol–water partition coefficient (Wildman–Crippen LogP) is 3.89. The van der Waals surface area contributed by atoms with Crippen LogP contribution in [-0.4, -0.2) is 26.1 Å². The number of H-pyrrole nitrogens is 1. The number of carbonyl (C=O) groups excluding carboxylic acids is 1. The zero-order valence-corrected chi connectivity index (χ0v) is 17.0. The Labute approximate surface area is 171 Å². The van der Waals surface area contributed by atoms with Crippen LogP contribution in [0.4, 0.5) is 5.69 Å². The van der Waals surface area contributed by atoms with Crippen molar-refractivity contribution in [2.45, 2.75) is 18.4 Å². The van der Waals surface area contributed by atoms with E-state index in [0.717, 1.165) is 27.7 Å². The lowest BCUT2D eigenvalue weighted by atomic mass is 10.1. The van der Waals surface area contributed by atoms with Crippen molar-refractivity contribution in [3.63, 3.8) is 0 Å². The molecule has 1 unspecified atom stereocenters. The molecule has 0 aliphatic carbocycles. The van der Waals surface area contributed by atoms with Crippen molar-refractivity contribution in [1.29, 1.82) is 0 Å². The van der Waals surface area contributed by atoms with Gasteiger partial charge in [-0.2, -0.15) is 0 Å². The van der Waals surface area contributed by atoms with E-state index in [4.69, 9.17) is 0 Å². The maximum absolute atomic E-state index is 13.4. The first-order valence-corrected chi connectivity index (χ1v) is 10.4. The zero-order chi connectivity index (χ0) is 20.4. The molecule has 1 atom stereocenters. The quantitative estimate of drug-likeness (QED) is 0.455. The molecule has 2 heterocycles. The van der Waals surface area contributed by atoms with E-state index in [2.05, 4.69) is 27.8 Å². The highest BCUT2D eigenvalue weighted by atomic mass is 32.2. The Balaban J connectivity index is 1.73. The number of rotatable bonds is 6. The third-order valence-corrected chi connectivity index (χ3v) is 5.96. The molecule has 148 valence electrons. The minimum atomic E-state index is -1.42. The van der Waals surface area contributed by atoms with Gasteiger partial charge in [0, 0.05) is 42.5 Å². The number of fused-ring (bicyclic) bond motifs is 1. The lowest BCUT2D eigenvalue weighted by molar-refractivity contribution is -0.114. The first-order chi connectivity index (χ1) is 14.0. The number of aromatic nitrogens is 2. The van der Waals surface area contributed by atoms with E-state index in [1.165, 1.54) is 6.92 Å². The first-order valence-electron chi connectivity index (χ1n) is 9.28. The van der Waals surface area contributed by atoms with Gasteiger partial charge in [0.2, 0.25) is 5.91 Å². The van der Waals surface area contributed by atoms with E-state index in [0.29, 0.717) is 17.1 Å². The minimum Gasteiger partial charge on any atom is -0.361 e. The summed E-state index contributed by atoms with van der Waals surface area (Å²) < 4.78 is 15.2. The second kappa shape index (κ2) is 8.06. The van der Waals surface area contributed by atoms with Gasteiger partial charge in [-0.15, -0.1) is 0 Å². The van der Waals surface area contributed by atoms with Crippen LogP contribution in [-0.2, 0) is 22.3 Å². The van der Waals surface area contributed by atoms with Gasteiger partial charge >= 0.3 is 0 Å². The monoisotopic (exact) mass is 406 g/mol. The highest BCUT2D eigenvalue weighted by molar-refractivity contribution is 7.83. The van der Waals surface area contributed by atoms with Crippen molar-refractivity contribution in [1.82, 2.24) is 14.3 Å². The normalized spacial score (nSPS) is 12.2. The van der Waals surface area contributed by atoms with Crippen LogP contribution in [0.2, 0.25) is 0 Å². The molecule has 7 heteroatoms. The fraction of sp³-hybridized carbons (Fsp3) is 0.136. The van der Waals surface area contributed by atoms with E-state index < -0.39 is 11.0 Å². The highest BCUT2D eigenvalue weighted by Crippen LogP contribution is 2.28. The fourth-order valence-electron chi connectivity index (χ4n) is 3.33. The van der Waals surface area contributed by atoms with Crippen LogP contribution in [0.5, 0.6) is 0 Å². The second-order valence-corrected chi connectivity index (χ2v) is 8.19. The van der Waals surface area contributed by atoms with Crippen LogP contribution in [0.25, 0.3) is 22.2 Å². The predicted molar refractivity (Wildman–Crippen MR) is 117 cm³/mol. The number of hydrogen-bond donors (Lipinski definition) is 3. The SMILES string of the molecule is CNCc1cc(-c2ccc3[nH]ccc3c2)n(S(=O)c2ccc(NC(C)=O)cc2)c1. The Kier molecular flexibility index (Phi) is 5.33. The molecule has 0 bridgehead atoms. The van der Waals surface area contributed by atoms with Crippen LogP contribution < -0.4 is 10.6 Å². The Hall–Kier alpha value is -3.16. The van der Waals surface area contributed by atoms with Crippen LogP contribution in [0, 0.1) is 0 Å². The minimum absolute atomic E-state index is 0.136. The molecule has 4 rings (SSSR count). The summed E-state index contributed by atoms with van der Waals surface area (Å²) in [7, 11) is 0.471. The smallest absolute Gasteiger partial charge is 0.221 e. The van der Waals surface area contributed by atoms with Gasteiger partial charge < -0.3 is 15.6 Å². The van der Waals surface area contributed by atoms with Crippen molar-refractivity contribution in [3.8, 4) is 11.3 Å². The lowest BCUT2D eigenvalue weighted by Gasteiger charge is -2.10. The number of hydrogen-bond acceptors (Lipinski definition) is 3. The van der Waals surface area contributed by atoms with Crippen LogP contribution in [0.3, 0.4) is 0 Å². The topological polar surface area (TPSA) is 78.9 Å². The molecule has 2 aromatic heterocycles. The highest BCUT2D eigenvalue weighted by Gasteiger charge is 2.15. The molecule has 29 heavy (non-hydrogen) atoms. The molecule has 0 fully saturated rings. The van der Waals surface area contributed by atoms with Gasteiger partial charge in [0.1, 0.15) is 0 Å². The van der Waals surface area contributed by atoms with Crippen molar-refractivity contribution < 1.29 is 9.00 Å². The summed E-state index contributed by atoms with van der Waals surface area (Å²) in [5.74, 6) is -0.136. The van der Waals surface area contributed by atoms with Gasteiger partial charge in [-0.05, 0) is 66.7 Å². The number of carbonyl (C=O) groups is 1. The number of anilines is 1. The third-order valence-electron chi connectivity index (χ3n) is 4.63. The van der Waals surface area contributed by atoms with Gasteiger partial charge in [0.05, 0.1) is 10.6 Å². The van der Waals surface area contributed by atoms with Crippen LogP contribution in [0.1, 0.15) is 12.5 Å². The van der Waals surface area contributed by atoms with Gasteiger partial charge in [-0.25, -0.2) is 4.21 Å². The van der Waals surface area contributed by atoms with Crippen LogP contribution in [0.15, 0.2) is 71.9 Å². The van der Waals surface area contributed by atoms with Crippen molar-refractivity contribution >= 4 is 33.5 Å². The van der Waals surface area contributed by atoms with Crippen molar-refractivity contribution in [2.24, 2.45) is 0 Å². The van der Waals surface area contributed by atoms with Gasteiger partial charge in [-0.1, -0.05) is 6.07 Å². The van der Waals surface area contributed by atoms with Crippen LogP contribution >= 0.6 is 0 Å². The van der Waals surface area contributed by atoms with Gasteiger partial charge in [0.25, 0.3) is 0 Å². The number of nitrogens with one attached hydrogen (secondary N) is 3. The molecule has 0 saturated carbocycles. The van der Waals surface area contributed by atoms with E-state index in [9.17, 15) is 9.00 Å². The maximum atomic E-state index is 13.4. The fourth-order valence-corrected chi connectivity index (χ4v) is 4.49. The molecule has 0 radical (unpaired) electrons. The molecule has 3 N–H and O–H groups in total. The Bertz CT molecular complexity index is 1190. The summed E-state index contributed by atoms with van der Waals surface area (Å²) in [6, 6.07) is 17.3. The largest absolute Gasteiger partial charge is 0.361 e. The summed E-state index contributed by atoms with van der Waals surface area (Å²) in [5, 5.41) is 6.98. The third kappa shape index (κ3) is 4.01. The Morgan fingerprint density at radius 3 is 2.62 bits per heavy atom. The molecule has 0 aliphatic rings. The number of amides is 1. The maximum Gasteiger partial charge on any atom is 0.221 e. The molecular weight excluding hydrogens is 384 g/mol. The number of aromatic amines is 1. The molecule has 1 amide bonds. The van der Waals surface area contributed by atoms with Gasteiger partial charge in [0.15, 0.2) is 11.0 Å². The molecular formula is C22H22N4O2S. The number of nitrogens with zero attached hydrogens (tertiary/aromatic N) is 1. The van der Waals surface area contributed by atoms with E-state index in [-0.39, 0.29) is 5.91 Å². The molecule has 0 aliphatic heterocycles. The van der Waals surface area contributed by atoms with Crippen molar-refractivity contribution in [3.05, 3.63) is 72.6 Å². The number of benzene rings is 2. The van der Waals surface area contributed by atoms with Gasteiger partial charge in [-0.3, -0.25) is 8.77 Å². The Morgan fingerprint density at radius 2 is 1.90 bits per heavy atom. The molecule has 0 spiro atoms. The van der Waals surface area contributed by atoms with E-state index >= 15 is 0 Å². The van der Waals surface area contributed by atoms with Crippen molar-refractivity contribution in [2.75, 3.05) is 12.4 Å². The summed E-state index contributed by atoms with van der Waals surface area (Å²) >= 11 is 0. The second-order valence-electron chi connectivity index (χ2n) is 6.82. The Morgan fingerprint density at radius 1 is 1.10 bits per heavy atom. The summed E-state index contributed by atoms with van der Waals surface area (Å²) in [6.45, 7) is 2.15. The standard InChI is InChI=1S/C22H22N4O2S/c1-15(27)25-19-4-6-20(7-5-19)29(28)26-14-16(13-23-2)11-22(26)18-3-8-21-17(12-18)9-10-24-21/h3-12,14,23-24H,13H2,1-2H3,(H,25,27). The molecule has 4 aromatic rings. The molecule has 6 nitrogen and oxygen atoms in total. The summed E-state index contributed by atoms with van der Waals surface area (Å²) in [6.07, 6.45) is 3.83.